The van der Waals surface area contributed by atoms with Gasteiger partial charge in [0, 0.05) is 0 Å². The second-order valence-electron chi connectivity index (χ2n) is 7.99. The van der Waals surface area contributed by atoms with Gasteiger partial charge in [-0.25, -0.2) is 4.79 Å². The molecule has 0 saturated heterocycles. The van der Waals surface area contributed by atoms with Crippen molar-refractivity contribution in [3.8, 4) is 0 Å². The van der Waals surface area contributed by atoms with Crippen LogP contribution < -0.4 is 0 Å². The maximum atomic E-state index is 14.2. The summed E-state index contributed by atoms with van der Waals surface area (Å²) >= 11 is 0. The van der Waals surface area contributed by atoms with E-state index in [1.165, 1.54) is 0 Å². The summed E-state index contributed by atoms with van der Waals surface area (Å²) in [6.07, 6.45) is -30.6. The van der Waals surface area contributed by atoms with E-state index in [0.29, 0.717) is 0 Å². The van der Waals surface area contributed by atoms with Crippen molar-refractivity contribution < 1.29 is 62.2 Å². The summed E-state index contributed by atoms with van der Waals surface area (Å²) in [7, 11) is 0. The summed E-state index contributed by atoms with van der Waals surface area (Å²) in [6, 6.07) is 0. The van der Waals surface area contributed by atoms with E-state index in [9.17, 15) is 57.5 Å². The molecule has 180 valence electrons. The largest absolute Gasteiger partial charge is 0.454 e. The highest BCUT2D eigenvalue weighted by molar-refractivity contribution is 5.89. The van der Waals surface area contributed by atoms with E-state index >= 15 is 0 Å². The lowest BCUT2D eigenvalue weighted by atomic mass is 9.59. The summed E-state index contributed by atoms with van der Waals surface area (Å²) in [5.74, 6) is -5.50. The average molecular weight is 480 g/mol. The van der Waals surface area contributed by atoms with Gasteiger partial charge in [-0.1, -0.05) is 13.0 Å². The van der Waals surface area contributed by atoms with Crippen LogP contribution in [0.25, 0.3) is 0 Å². The zero-order chi connectivity index (χ0) is 24.3. The topological polar surface area (TPSA) is 26.3 Å². The molecule has 0 aliphatic heterocycles. The van der Waals surface area contributed by atoms with Gasteiger partial charge in [0.25, 0.3) is 0 Å². The molecule has 0 aromatic heterocycles. The molecule has 14 heteroatoms. The molecule has 0 amide bonds. The predicted octanol–water partition coefficient (Wildman–Crippen LogP) is 6.66. The minimum Gasteiger partial charge on any atom is -0.454 e. The molecule has 2 aliphatic carbocycles. The Kier molecular flexibility index (Phi) is 6.17. The molecule has 0 heterocycles. The van der Waals surface area contributed by atoms with E-state index in [-0.39, 0.29) is 12.8 Å². The second-order valence-corrected chi connectivity index (χ2v) is 7.99. The first-order valence-corrected chi connectivity index (χ1v) is 8.83. The smallest absolute Gasteiger partial charge is 0.422 e. The van der Waals surface area contributed by atoms with Crippen molar-refractivity contribution >= 4 is 5.97 Å². The van der Waals surface area contributed by atoms with Crippen LogP contribution in [0.3, 0.4) is 0 Å². The summed E-state index contributed by atoms with van der Waals surface area (Å²) in [5, 5.41) is 0. The summed E-state index contributed by atoms with van der Waals surface area (Å²) in [5.41, 5.74) is -10.7. The minimum atomic E-state index is -5.73. The standard InChI is InChI=1S/C17H16F12O2/c1-8(16(24,25)26)11(30)31-12(6-14(18,19)20,7-15(21,22)23)13(17(27,28)29)5-9-2-3-10(13)4-9/h9-10H,1-7H2. The van der Waals surface area contributed by atoms with E-state index in [4.69, 9.17) is 0 Å². The van der Waals surface area contributed by atoms with Gasteiger partial charge in [-0.05, 0) is 31.1 Å². The fourth-order valence-electron chi connectivity index (χ4n) is 5.04. The highest BCUT2D eigenvalue weighted by Gasteiger charge is 2.78. The van der Waals surface area contributed by atoms with E-state index in [1.54, 1.807) is 0 Å². The van der Waals surface area contributed by atoms with Crippen molar-refractivity contribution in [3.05, 3.63) is 12.2 Å². The van der Waals surface area contributed by atoms with Gasteiger partial charge in [-0.2, -0.15) is 52.7 Å². The monoisotopic (exact) mass is 480 g/mol. The van der Waals surface area contributed by atoms with Crippen LogP contribution in [0.4, 0.5) is 52.7 Å². The number of alkyl halides is 12. The third kappa shape index (κ3) is 4.91. The van der Waals surface area contributed by atoms with Crippen molar-refractivity contribution in [1.29, 1.82) is 0 Å². The van der Waals surface area contributed by atoms with Crippen LogP contribution >= 0.6 is 0 Å². The lowest BCUT2D eigenvalue weighted by Gasteiger charge is -2.53. The van der Waals surface area contributed by atoms with Gasteiger partial charge >= 0.3 is 30.7 Å². The number of fused-ring (bicyclic) bond motifs is 2. The van der Waals surface area contributed by atoms with E-state index in [2.05, 4.69) is 11.3 Å². The normalized spacial score (nSPS) is 27.5. The van der Waals surface area contributed by atoms with E-state index in [0.717, 1.165) is 0 Å². The summed E-state index contributed by atoms with van der Waals surface area (Å²) < 4.78 is 165. The highest BCUT2D eigenvalue weighted by atomic mass is 19.4. The van der Waals surface area contributed by atoms with Crippen LogP contribution in [0.1, 0.15) is 38.5 Å². The molecule has 31 heavy (non-hydrogen) atoms. The van der Waals surface area contributed by atoms with Gasteiger partial charge in [0.2, 0.25) is 0 Å². The van der Waals surface area contributed by atoms with Crippen LogP contribution in [0.15, 0.2) is 12.2 Å². The summed E-state index contributed by atoms with van der Waals surface area (Å²) in [4.78, 5) is 11.9. The molecule has 2 rings (SSSR count). The first kappa shape index (κ1) is 25.6. The Balaban J connectivity index is 2.75. The third-order valence-corrected chi connectivity index (χ3v) is 6.02. The van der Waals surface area contributed by atoms with Crippen LogP contribution in [0.5, 0.6) is 0 Å². The Morgan fingerprint density at radius 2 is 1.35 bits per heavy atom. The number of ether oxygens (including phenoxy) is 1. The van der Waals surface area contributed by atoms with Gasteiger partial charge in [0.1, 0.15) is 16.6 Å². The number of carbonyl (C=O) groups is 1. The third-order valence-electron chi connectivity index (χ3n) is 6.02. The van der Waals surface area contributed by atoms with Gasteiger partial charge < -0.3 is 4.74 Å². The number of rotatable bonds is 5. The van der Waals surface area contributed by atoms with Crippen LogP contribution in [0.2, 0.25) is 0 Å². The lowest BCUT2D eigenvalue weighted by molar-refractivity contribution is -0.339. The maximum Gasteiger partial charge on any atom is 0.422 e. The number of hydrogen-bond acceptors (Lipinski definition) is 2. The molecular formula is C17H16F12O2. The van der Waals surface area contributed by atoms with Crippen molar-refractivity contribution in [1.82, 2.24) is 0 Å². The zero-order valence-electron chi connectivity index (χ0n) is 15.5. The molecular weight excluding hydrogens is 464 g/mol. The molecule has 2 saturated carbocycles. The molecule has 3 atom stereocenters. The molecule has 2 fully saturated rings. The van der Waals surface area contributed by atoms with Crippen molar-refractivity contribution in [2.45, 2.75) is 68.8 Å². The highest BCUT2D eigenvalue weighted by Crippen LogP contribution is 2.70. The van der Waals surface area contributed by atoms with Gasteiger partial charge in [0.15, 0.2) is 0 Å². The number of carbonyl (C=O) groups excluding carboxylic acids is 1. The second kappa shape index (κ2) is 7.46. The summed E-state index contributed by atoms with van der Waals surface area (Å²) in [6.45, 7) is 2.22. The van der Waals surface area contributed by atoms with Crippen LogP contribution in [-0.4, -0.2) is 36.3 Å². The molecule has 2 nitrogen and oxygen atoms in total. The van der Waals surface area contributed by atoms with Gasteiger partial charge in [-0.3, -0.25) is 0 Å². The molecule has 0 aromatic rings. The molecule has 0 spiro atoms. The quantitative estimate of drug-likeness (QED) is 0.250. The Bertz CT molecular complexity index is 699. The first-order chi connectivity index (χ1) is 13.6. The Morgan fingerprint density at radius 3 is 1.65 bits per heavy atom. The minimum absolute atomic E-state index is 0.0970. The average Bonchev–Trinajstić information content (AvgIpc) is 3.10. The Labute approximate surface area is 167 Å². The molecule has 0 N–H and O–H groups in total. The van der Waals surface area contributed by atoms with Gasteiger partial charge in [0.05, 0.1) is 12.8 Å². The van der Waals surface area contributed by atoms with Crippen LogP contribution in [-0.2, 0) is 9.53 Å². The van der Waals surface area contributed by atoms with E-state index < -0.39 is 84.8 Å². The van der Waals surface area contributed by atoms with Gasteiger partial charge in [-0.15, -0.1) is 0 Å². The molecule has 3 unspecified atom stereocenters. The van der Waals surface area contributed by atoms with Crippen molar-refractivity contribution in [3.63, 3.8) is 0 Å². The Morgan fingerprint density at radius 1 is 0.871 bits per heavy atom. The molecule has 0 radical (unpaired) electrons. The van der Waals surface area contributed by atoms with Crippen molar-refractivity contribution in [2.75, 3.05) is 0 Å². The number of esters is 1. The number of halogens is 12. The Hall–Kier alpha value is -1.63. The predicted molar refractivity (Wildman–Crippen MR) is 79.3 cm³/mol. The molecule has 2 bridgehead atoms. The fourth-order valence-corrected chi connectivity index (χ4v) is 5.04. The van der Waals surface area contributed by atoms with E-state index in [1.807, 2.05) is 0 Å². The zero-order valence-corrected chi connectivity index (χ0v) is 15.5. The van der Waals surface area contributed by atoms with Crippen LogP contribution in [0, 0.1) is 17.3 Å². The maximum absolute atomic E-state index is 14.2. The molecule has 2 aliphatic rings. The van der Waals surface area contributed by atoms with Crippen molar-refractivity contribution in [2.24, 2.45) is 17.3 Å². The lowest BCUT2D eigenvalue weighted by Crippen LogP contribution is -2.64. The fraction of sp³-hybridized carbons (Fsp3) is 0.824. The molecule has 0 aromatic carbocycles. The number of hydrogen-bond donors (Lipinski definition) is 0. The first-order valence-electron chi connectivity index (χ1n) is 8.83. The SMILES string of the molecule is C=C(C(=O)OC(CC(F)(F)F)(CC(F)(F)F)C1(C(F)(F)F)CC2CCC1C2)C(F)(F)F.